The van der Waals surface area contributed by atoms with Crippen molar-refractivity contribution in [3.63, 3.8) is 0 Å². The van der Waals surface area contributed by atoms with Gasteiger partial charge in [-0.1, -0.05) is 19.8 Å². The molecule has 6 nitrogen and oxygen atoms in total. The first-order chi connectivity index (χ1) is 11.1. The molecule has 1 saturated carbocycles. The molecule has 132 valence electrons. The highest BCUT2D eigenvalue weighted by molar-refractivity contribution is 5.80. The van der Waals surface area contributed by atoms with Gasteiger partial charge in [-0.3, -0.25) is 14.7 Å². The van der Waals surface area contributed by atoms with Crippen molar-refractivity contribution in [1.29, 1.82) is 0 Å². The Kier molecular flexibility index (Phi) is 6.69. The molecule has 0 aromatic heterocycles. The number of primary amides is 1. The predicted octanol–water partition coefficient (Wildman–Crippen LogP) is 1.07. The maximum Gasteiger partial charge on any atom is 0.231 e. The molecule has 0 aromatic rings. The Morgan fingerprint density at radius 2 is 1.96 bits per heavy atom. The number of carbonyl (C=O) groups excluding carboxylic acids is 1. The molecule has 1 saturated heterocycles. The van der Waals surface area contributed by atoms with Gasteiger partial charge in [-0.25, -0.2) is 0 Å². The molecule has 1 aliphatic carbocycles. The lowest BCUT2D eigenvalue weighted by Gasteiger charge is -2.33. The fourth-order valence-electron chi connectivity index (χ4n) is 3.90. The van der Waals surface area contributed by atoms with E-state index in [2.05, 4.69) is 27.4 Å². The van der Waals surface area contributed by atoms with E-state index in [0.717, 1.165) is 38.4 Å². The first-order valence-corrected chi connectivity index (χ1v) is 9.05. The normalized spacial score (nSPS) is 23.0. The zero-order chi connectivity index (χ0) is 16.7. The summed E-state index contributed by atoms with van der Waals surface area (Å²) >= 11 is 0. The van der Waals surface area contributed by atoms with Gasteiger partial charge in [0.25, 0.3) is 0 Å². The average Bonchev–Trinajstić information content (AvgIpc) is 3.02. The van der Waals surface area contributed by atoms with E-state index in [-0.39, 0.29) is 5.91 Å². The van der Waals surface area contributed by atoms with Crippen LogP contribution in [-0.2, 0) is 4.79 Å². The zero-order valence-electron chi connectivity index (χ0n) is 14.7. The van der Waals surface area contributed by atoms with Crippen molar-refractivity contribution in [1.82, 2.24) is 15.5 Å². The van der Waals surface area contributed by atoms with Gasteiger partial charge in [0, 0.05) is 32.7 Å². The molecule has 4 N–H and O–H groups in total. The van der Waals surface area contributed by atoms with Crippen molar-refractivity contribution >= 4 is 11.9 Å². The minimum Gasteiger partial charge on any atom is -0.369 e. The van der Waals surface area contributed by atoms with E-state index < -0.39 is 0 Å². The van der Waals surface area contributed by atoms with Crippen molar-refractivity contribution in [2.24, 2.45) is 16.1 Å². The third kappa shape index (κ3) is 5.37. The second-order valence-electron chi connectivity index (χ2n) is 7.15. The zero-order valence-corrected chi connectivity index (χ0v) is 14.7. The number of aliphatic imine (C=N–C) groups is 1. The number of nitrogens with one attached hydrogen (secondary N) is 2. The van der Waals surface area contributed by atoms with Crippen LogP contribution in [0.3, 0.4) is 0 Å². The van der Waals surface area contributed by atoms with Crippen molar-refractivity contribution in [2.45, 2.75) is 57.9 Å². The van der Waals surface area contributed by atoms with Gasteiger partial charge in [0.15, 0.2) is 5.96 Å². The van der Waals surface area contributed by atoms with E-state index in [4.69, 9.17) is 5.73 Å². The maximum absolute atomic E-state index is 11.0. The summed E-state index contributed by atoms with van der Waals surface area (Å²) in [6.07, 6.45) is 8.67. The minimum absolute atomic E-state index is 0.240. The Bertz CT molecular complexity index is 409. The van der Waals surface area contributed by atoms with Gasteiger partial charge in [0.2, 0.25) is 5.91 Å². The summed E-state index contributed by atoms with van der Waals surface area (Å²) in [6.45, 7) is 5.52. The number of hydrogen-bond donors (Lipinski definition) is 3. The average molecular weight is 323 g/mol. The first-order valence-electron chi connectivity index (χ1n) is 9.05. The van der Waals surface area contributed by atoms with Crippen LogP contribution in [0.4, 0.5) is 0 Å². The van der Waals surface area contributed by atoms with Gasteiger partial charge in [-0.05, 0) is 37.5 Å². The summed E-state index contributed by atoms with van der Waals surface area (Å²) in [5.41, 5.74) is 5.72. The molecule has 0 spiro atoms. The van der Waals surface area contributed by atoms with Crippen LogP contribution in [0.15, 0.2) is 4.99 Å². The second kappa shape index (κ2) is 8.52. The molecular formula is C17H33N5O. The van der Waals surface area contributed by atoms with E-state index >= 15 is 0 Å². The van der Waals surface area contributed by atoms with Crippen LogP contribution in [0.5, 0.6) is 0 Å². The van der Waals surface area contributed by atoms with E-state index in [9.17, 15) is 4.79 Å². The van der Waals surface area contributed by atoms with Crippen LogP contribution in [0.2, 0.25) is 0 Å². The molecule has 6 heteroatoms. The van der Waals surface area contributed by atoms with Gasteiger partial charge in [0.05, 0.1) is 6.54 Å². The quantitative estimate of drug-likeness (QED) is 0.504. The largest absolute Gasteiger partial charge is 0.369 e. The number of nitrogens with zero attached hydrogens (tertiary/aromatic N) is 2. The van der Waals surface area contributed by atoms with E-state index in [1.54, 1.807) is 0 Å². The van der Waals surface area contributed by atoms with Crippen LogP contribution in [0.25, 0.3) is 0 Å². The SMILES string of the molecule is CCC1(CNC(=NC)NC2CCN(CC(N)=O)CC2)CCCC1. The monoisotopic (exact) mass is 323 g/mol. The minimum atomic E-state index is -0.240. The smallest absolute Gasteiger partial charge is 0.231 e. The third-order valence-electron chi connectivity index (χ3n) is 5.58. The predicted molar refractivity (Wildman–Crippen MR) is 94.3 cm³/mol. The van der Waals surface area contributed by atoms with Crippen LogP contribution >= 0.6 is 0 Å². The summed E-state index contributed by atoms with van der Waals surface area (Å²) in [7, 11) is 1.84. The first kappa shape index (κ1) is 18.0. The highest BCUT2D eigenvalue weighted by Crippen LogP contribution is 2.40. The number of hydrogen-bond acceptors (Lipinski definition) is 3. The van der Waals surface area contributed by atoms with Crippen LogP contribution in [0, 0.1) is 5.41 Å². The molecule has 2 fully saturated rings. The van der Waals surface area contributed by atoms with Gasteiger partial charge >= 0.3 is 0 Å². The lowest BCUT2D eigenvalue weighted by molar-refractivity contribution is -0.119. The summed E-state index contributed by atoms with van der Waals surface area (Å²) in [6, 6.07) is 0.423. The molecule has 2 aliphatic rings. The lowest BCUT2D eigenvalue weighted by Crippen LogP contribution is -2.51. The molecule has 0 atom stereocenters. The van der Waals surface area contributed by atoms with Crippen LogP contribution in [-0.4, -0.2) is 56.0 Å². The fraction of sp³-hybridized carbons (Fsp3) is 0.882. The van der Waals surface area contributed by atoms with Crippen molar-refractivity contribution in [3.8, 4) is 0 Å². The van der Waals surface area contributed by atoms with E-state index in [0.29, 0.717) is 18.0 Å². The summed E-state index contributed by atoms with van der Waals surface area (Å²) in [5.74, 6) is 0.674. The molecule has 0 bridgehead atoms. The molecule has 2 rings (SSSR count). The number of piperidine rings is 1. The molecule has 0 radical (unpaired) electrons. The highest BCUT2D eigenvalue weighted by Gasteiger charge is 2.32. The van der Waals surface area contributed by atoms with Crippen molar-refractivity contribution < 1.29 is 4.79 Å². The number of nitrogens with two attached hydrogens (primary N) is 1. The Hall–Kier alpha value is -1.30. The number of likely N-dealkylation sites (tertiary alicyclic amines) is 1. The molecule has 0 unspecified atom stereocenters. The number of carbonyl (C=O) groups is 1. The number of rotatable bonds is 6. The lowest BCUT2D eigenvalue weighted by atomic mass is 9.83. The Morgan fingerprint density at radius 3 is 2.48 bits per heavy atom. The maximum atomic E-state index is 11.0. The molecule has 1 aliphatic heterocycles. The van der Waals surface area contributed by atoms with E-state index in [1.165, 1.54) is 32.1 Å². The van der Waals surface area contributed by atoms with Crippen molar-refractivity contribution in [2.75, 3.05) is 33.2 Å². The highest BCUT2D eigenvalue weighted by atomic mass is 16.1. The summed E-state index contributed by atoms with van der Waals surface area (Å²) in [4.78, 5) is 17.5. The topological polar surface area (TPSA) is 82.8 Å². The summed E-state index contributed by atoms with van der Waals surface area (Å²) < 4.78 is 0. The molecule has 1 amide bonds. The standard InChI is InChI=1S/C17H33N5O/c1-3-17(8-4-5-9-17)13-20-16(19-2)21-14-6-10-22(11-7-14)12-15(18)23/h14H,3-13H2,1-2H3,(H2,18,23)(H2,19,20,21). The molecule has 0 aromatic carbocycles. The van der Waals surface area contributed by atoms with Gasteiger partial charge in [-0.15, -0.1) is 0 Å². The number of guanidine groups is 1. The second-order valence-corrected chi connectivity index (χ2v) is 7.15. The third-order valence-corrected chi connectivity index (χ3v) is 5.58. The fourth-order valence-corrected chi connectivity index (χ4v) is 3.90. The van der Waals surface area contributed by atoms with Gasteiger partial charge < -0.3 is 16.4 Å². The number of amides is 1. The Balaban J connectivity index is 1.74. The van der Waals surface area contributed by atoms with Gasteiger partial charge in [-0.2, -0.15) is 0 Å². The molecule has 1 heterocycles. The van der Waals surface area contributed by atoms with Gasteiger partial charge in [0.1, 0.15) is 0 Å². The van der Waals surface area contributed by atoms with Crippen LogP contribution in [0.1, 0.15) is 51.9 Å². The Labute approximate surface area is 140 Å². The summed E-state index contributed by atoms with van der Waals surface area (Å²) in [5, 5.41) is 7.09. The Morgan fingerprint density at radius 1 is 1.30 bits per heavy atom. The molecular weight excluding hydrogens is 290 g/mol. The van der Waals surface area contributed by atoms with Crippen LogP contribution < -0.4 is 16.4 Å². The molecule has 23 heavy (non-hydrogen) atoms. The van der Waals surface area contributed by atoms with Crippen molar-refractivity contribution in [3.05, 3.63) is 0 Å². The van der Waals surface area contributed by atoms with E-state index in [1.807, 2.05) is 7.05 Å².